The zero-order valence-corrected chi connectivity index (χ0v) is 17.6. The summed E-state index contributed by atoms with van der Waals surface area (Å²) in [7, 11) is -3.44. The second kappa shape index (κ2) is 9.85. The molecule has 1 aromatic rings. The summed E-state index contributed by atoms with van der Waals surface area (Å²) in [5.41, 5.74) is 0.622. The predicted octanol–water partition coefficient (Wildman–Crippen LogP) is 3.50. The van der Waals surface area contributed by atoms with Crippen LogP contribution >= 0.6 is 0 Å². The van der Waals surface area contributed by atoms with Crippen LogP contribution in [0.3, 0.4) is 0 Å². The van der Waals surface area contributed by atoms with Crippen molar-refractivity contribution in [2.45, 2.75) is 81.7 Å². The first-order valence-electron chi connectivity index (χ1n) is 10.6. The van der Waals surface area contributed by atoms with E-state index in [9.17, 15) is 13.2 Å². The smallest absolute Gasteiger partial charge is 0.243 e. The number of rotatable bonds is 6. The number of hydrogen-bond acceptors (Lipinski definition) is 4. The highest BCUT2D eigenvalue weighted by atomic mass is 32.2. The Kier molecular flexibility index (Phi) is 7.48. The van der Waals surface area contributed by atoms with E-state index in [2.05, 4.69) is 10.6 Å². The Morgan fingerprint density at radius 3 is 2.14 bits per heavy atom. The van der Waals surface area contributed by atoms with E-state index in [1.807, 2.05) is 6.92 Å². The molecule has 156 valence electrons. The minimum Gasteiger partial charge on any atom is -0.325 e. The van der Waals surface area contributed by atoms with E-state index in [-0.39, 0.29) is 16.8 Å². The van der Waals surface area contributed by atoms with Crippen LogP contribution in [-0.4, -0.2) is 43.8 Å². The molecule has 3 rings (SSSR count). The third-order valence-corrected chi connectivity index (χ3v) is 7.72. The number of nitrogens with one attached hydrogen (secondary N) is 2. The van der Waals surface area contributed by atoms with Crippen molar-refractivity contribution in [1.29, 1.82) is 0 Å². The fourth-order valence-electron chi connectivity index (χ4n) is 4.09. The standard InChI is InChI=1S/C21H33N3O3S/c1-17(22-18-9-5-2-3-6-10-18)21(25)23-19-11-13-20(14-12-19)28(26,27)24-15-7-4-8-16-24/h11-14,17-18,22H,2-10,15-16H2,1H3,(H,23,25)/t17-/m1/s1. The molecular formula is C21H33N3O3S. The Balaban J connectivity index is 1.56. The van der Waals surface area contributed by atoms with Gasteiger partial charge in [-0.05, 0) is 56.9 Å². The molecule has 1 atom stereocenters. The third kappa shape index (κ3) is 5.55. The van der Waals surface area contributed by atoms with Crippen LogP contribution in [0.4, 0.5) is 5.69 Å². The van der Waals surface area contributed by atoms with Gasteiger partial charge in [0.15, 0.2) is 0 Å². The molecule has 0 bridgehead atoms. The van der Waals surface area contributed by atoms with Crippen LogP contribution < -0.4 is 10.6 Å². The van der Waals surface area contributed by atoms with Gasteiger partial charge in [-0.1, -0.05) is 32.1 Å². The van der Waals surface area contributed by atoms with Gasteiger partial charge >= 0.3 is 0 Å². The number of carbonyl (C=O) groups excluding carboxylic acids is 1. The molecule has 1 aliphatic carbocycles. The van der Waals surface area contributed by atoms with Gasteiger partial charge in [-0.15, -0.1) is 0 Å². The number of piperidine rings is 1. The molecule has 1 heterocycles. The van der Waals surface area contributed by atoms with E-state index < -0.39 is 10.0 Å². The van der Waals surface area contributed by atoms with Gasteiger partial charge in [0.2, 0.25) is 15.9 Å². The fourth-order valence-corrected chi connectivity index (χ4v) is 5.61. The molecule has 6 nitrogen and oxygen atoms in total. The highest BCUT2D eigenvalue weighted by molar-refractivity contribution is 7.89. The molecule has 28 heavy (non-hydrogen) atoms. The highest BCUT2D eigenvalue weighted by Crippen LogP contribution is 2.22. The number of carbonyl (C=O) groups is 1. The number of anilines is 1. The SMILES string of the molecule is C[C@@H](NC1CCCCCC1)C(=O)Nc1ccc(S(=O)(=O)N2CCCCC2)cc1. The van der Waals surface area contributed by atoms with Crippen molar-refractivity contribution in [2.24, 2.45) is 0 Å². The average Bonchev–Trinajstić information content (AvgIpc) is 2.97. The second-order valence-electron chi connectivity index (χ2n) is 8.06. The lowest BCUT2D eigenvalue weighted by Crippen LogP contribution is -2.43. The van der Waals surface area contributed by atoms with Crippen LogP contribution in [-0.2, 0) is 14.8 Å². The first kappa shape index (κ1) is 21.3. The molecule has 0 unspecified atom stereocenters. The summed E-state index contributed by atoms with van der Waals surface area (Å²) in [6.07, 6.45) is 10.2. The molecule has 1 saturated carbocycles. The van der Waals surface area contributed by atoms with Crippen LogP contribution in [0.15, 0.2) is 29.2 Å². The summed E-state index contributed by atoms with van der Waals surface area (Å²) in [6, 6.07) is 6.65. The molecule has 1 aliphatic heterocycles. The molecule has 1 amide bonds. The minimum atomic E-state index is -3.44. The van der Waals surface area contributed by atoms with E-state index in [1.165, 1.54) is 25.7 Å². The van der Waals surface area contributed by atoms with Gasteiger partial charge in [0.1, 0.15) is 0 Å². The van der Waals surface area contributed by atoms with E-state index in [4.69, 9.17) is 0 Å². The minimum absolute atomic E-state index is 0.0871. The lowest BCUT2D eigenvalue weighted by molar-refractivity contribution is -0.118. The first-order chi connectivity index (χ1) is 13.5. The molecule has 2 aliphatic rings. The largest absolute Gasteiger partial charge is 0.325 e. The Bertz CT molecular complexity index is 735. The molecule has 0 radical (unpaired) electrons. The number of amides is 1. The lowest BCUT2D eigenvalue weighted by atomic mass is 10.1. The molecule has 1 aromatic carbocycles. The number of benzene rings is 1. The van der Waals surface area contributed by atoms with Gasteiger partial charge in [0, 0.05) is 24.8 Å². The van der Waals surface area contributed by atoms with Crippen molar-refractivity contribution in [3.63, 3.8) is 0 Å². The Morgan fingerprint density at radius 2 is 1.54 bits per heavy atom. The normalized spacial score (nSPS) is 21.0. The van der Waals surface area contributed by atoms with Crippen LogP contribution in [0.25, 0.3) is 0 Å². The zero-order valence-electron chi connectivity index (χ0n) is 16.8. The molecule has 0 aromatic heterocycles. The molecular weight excluding hydrogens is 374 g/mol. The monoisotopic (exact) mass is 407 g/mol. The van der Waals surface area contributed by atoms with E-state index in [0.717, 1.165) is 32.1 Å². The molecule has 1 saturated heterocycles. The summed E-state index contributed by atoms with van der Waals surface area (Å²) >= 11 is 0. The van der Waals surface area contributed by atoms with Gasteiger partial charge in [-0.3, -0.25) is 4.79 Å². The Morgan fingerprint density at radius 1 is 0.964 bits per heavy atom. The van der Waals surface area contributed by atoms with Crippen LogP contribution in [0.5, 0.6) is 0 Å². The van der Waals surface area contributed by atoms with Gasteiger partial charge in [0.05, 0.1) is 10.9 Å². The molecule has 2 N–H and O–H groups in total. The van der Waals surface area contributed by atoms with Gasteiger partial charge < -0.3 is 10.6 Å². The van der Waals surface area contributed by atoms with Crippen molar-refractivity contribution in [3.8, 4) is 0 Å². The van der Waals surface area contributed by atoms with Gasteiger partial charge in [0.25, 0.3) is 0 Å². The van der Waals surface area contributed by atoms with Crippen molar-refractivity contribution >= 4 is 21.6 Å². The van der Waals surface area contributed by atoms with E-state index in [1.54, 1.807) is 28.6 Å². The quantitative estimate of drug-likeness (QED) is 0.708. The van der Waals surface area contributed by atoms with Gasteiger partial charge in [-0.2, -0.15) is 4.31 Å². The summed E-state index contributed by atoms with van der Waals surface area (Å²) in [6.45, 7) is 3.06. The van der Waals surface area contributed by atoms with E-state index >= 15 is 0 Å². The summed E-state index contributed by atoms with van der Waals surface area (Å²) in [5, 5.41) is 6.34. The second-order valence-corrected chi connectivity index (χ2v) is 9.99. The van der Waals surface area contributed by atoms with E-state index in [0.29, 0.717) is 24.8 Å². The van der Waals surface area contributed by atoms with Gasteiger partial charge in [-0.25, -0.2) is 8.42 Å². The van der Waals surface area contributed by atoms with Crippen molar-refractivity contribution < 1.29 is 13.2 Å². The van der Waals surface area contributed by atoms with Crippen molar-refractivity contribution in [3.05, 3.63) is 24.3 Å². The fraction of sp³-hybridized carbons (Fsp3) is 0.667. The maximum absolute atomic E-state index is 12.7. The van der Waals surface area contributed by atoms with Crippen LogP contribution in [0.1, 0.15) is 64.7 Å². The topological polar surface area (TPSA) is 78.5 Å². The lowest BCUT2D eigenvalue weighted by Gasteiger charge is -2.26. The summed E-state index contributed by atoms with van der Waals surface area (Å²) in [4.78, 5) is 12.8. The van der Waals surface area contributed by atoms with Crippen LogP contribution in [0, 0.1) is 0 Å². The highest BCUT2D eigenvalue weighted by Gasteiger charge is 2.26. The Labute approximate surface area is 169 Å². The van der Waals surface area contributed by atoms with Crippen molar-refractivity contribution in [2.75, 3.05) is 18.4 Å². The maximum atomic E-state index is 12.7. The molecule has 7 heteroatoms. The third-order valence-electron chi connectivity index (χ3n) is 5.81. The summed E-state index contributed by atoms with van der Waals surface area (Å²) in [5.74, 6) is -0.0871. The molecule has 2 fully saturated rings. The number of sulfonamides is 1. The maximum Gasteiger partial charge on any atom is 0.243 e. The van der Waals surface area contributed by atoms with Crippen molar-refractivity contribution in [1.82, 2.24) is 9.62 Å². The average molecular weight is 408 g/mol. The molecule has 0 spiro atoms. The summed E-state index contributed by atoms with van der Waals surface area (Å²) < 4.78 is 27.0. The Hall–Kier alpha value is -1.44. The van der Waals surface area contributed by atoms with Crippen LogP contribution in [0.2, 0.25) is 0 Å². The number of nitrogens with zero attached hydrogens (tertiary/aromatic N) is 1. The number of hydrogen-bond donors (Lipinski definition) is 2. The first-order valence-corrected chi connectivity index (χ1v) is 12.1. The zero-order chi connectivity index (χ0) is 20.0. The predicted molar refractivity (Wildman–Crippen MR) is 112 cm³/mol.